The van der Waals surface area contributed by atoms with E-state index in [2.05, 4.69) is 63.0 Å². The summed E-state index contributed by atoms with van der Waals surface area (Å²) in [7, 11) is 0. The first-order chi connectivity index (χ1) is 9.31. The zero-order chi connectivity index (χ0) is 14.8. The van der Waals surface area contributed by atoms with E-state index in [1.807, 2.05) is 0 Å². The standard InChI is InChI=1S/C17H29N3/c1-6-17(5)10-12-20(13-11-17)15-9-7-8-14(18-15)19-16(2,3)4/h7-9H,6,10-13H2,1-5H3,(H,18,19). The molecule has 0 radical (unpaired) electrons. The first-order valence-electron chi connectivity index (χ1n) is 7.82. The van der Waals surface area contributed by atoms with Crippen molar-refractivity contribution in [3.05, 3.63) is 18.2 Å². The Labute approximate surface area is 123 Å². The lowest BCUT2D eigenvalue weighted by molar-refractivity contribution is 0.238. The molecule has 1 aliphatic rings. The molecule has 112 valence electrons. The first-order valence-corrected chi connectivity index (χ1v) is 7.82. The van der Waals surface area contributed by atoms with Gasteiger partial charge in [-0.15, -0.1) is 0 Å². The van der Waals surface area contributed by atoms with E-state index >= 15 is 0 Å². The molecular weight excluding hydrogens is 246 g/mol. The lowest BCUT2D eigenvalue weighted by atomic mass is 9.78. The quantitative estimate of drug-likeness (QED) is 0.891. The maximum Gasteiger partial charge on any atom is 0.130 e. The summed E-state index contributed by atoms with van der Waals surface area (Å²) in [5, 5.41) is 3.45. The molecule has 0 aromatic carbocycles. The van der Waals surface area contributed by atoms with Crippen LogP contribution >= 0.6 is 0 Å². The SMILES string of the molecule is CCC1(C)CCN(c2cccc(NC(C)(C)C)n2)CC1. The second-order valence-electron chi connectivity index (χ2n) is 7.41. The van der Waals surface area contributed by atoms with Crippen LogP contribution in [0.1, 0.15) is 53.9 Å². The van der Waals surface area contributed by atoms with Crippen molar-refractivity contribution in [1.29, 1.82) is 0 Å². The number of hydrogen-bond acceptors (Lipinski definition) is 3. The summed E-state index contributed by atoms with van der Waals surface area (Å²) in [5.74, 6) is 2.08. The highest BCUT2D eigenvalue weighted by Gasteiger charge is 2.28. The average Bonchev–Trinajstić information content (AvgIpc) is 2.38. The van der Waals surface area contributed by atoms with Crippen molar-refractivity contribution >= 4 is 11.6 Å². The molecule has 1 aliphatic heterocycles. The summed E-state index contributed by atoms with van der Waals surface area (Å²) in [6.07, 6.45) is 3.81. The van der Waals surface area contributed by atoms with Gasteiger partial charge in [0.25, 0.3) is 0 Å². The Kier molecular flexibility index (Phi) is 4.26. The van der Waals surface area contributed by atoms with E-state index in [9.17, 15) is 0 Å². The monoisotopic (exact) mass is 275 g/mol. The highest BCUT2D eigenvalue weighted by molar-refractivity contribution is 5.48. The third kappa shape index (κ3) is 3.87. The van der Waals surface area contributed by atoms with Crippen LogP contribution in [0.4, 0.5) is 11.6 Å². The van der Waals surface area contributed by atoms with Gasteiger partial charge >= 0.3 is 0 Å². The molecule has 0 unspecified atom stereocenters. The summed E-state index contributed by atoms with van der Waals surface area (Å²) in [6.45, 7) is 13.4. The Morgan fingerprint density at radius 2 is 1.90 bits per heavy atom. The minimum Gasteiger partial charge on any atom is -0.365 e. The predicted octanol–water partition coefficient (Wildman–Crippen LogP) is 4.31. The smallest absolute Gasteiger partial charge is 0.130 e. The van der Waals surface area contributed by atoms with Crippen molar-refractivity contribution in [3.63, 3.8) is 0 Å². The lowest BCUT2D eigenvalue weighted by Crippen LogP contribution is -2.39. The Bertz CT molecular complexity index is 440. The number of pyridine rings is 1. The molecule has 1 aromatic rings. The van der Waals surface area contributed by atoms with Crippen molar-refractivity contribution in [2.24, 2.45) is 5.41 Å². The van der Waals surface area contributed by atoms with Crippen LogP contribution in [0.25, 0.3) is 0 Å². The van der Waals surface area contributed by atoms with Crippen molar-refractivity contribution in [2.75, 3.05) is 23.3 Å². The van der Waals surface area contributed by atoms with Gasteiger partial charge in [-0.05, 0) is 51.2 Å². The van der Waals surface area contributed by atoms with Crippen LogP contribution in [-0.4, -0.2) is 23.6 Å². The molecular formula is C17H29N3. The molecule has 0 bridgehead atoms. The number of nitrogens with zero attached hydrogens (tertiary/aromatic N) is 2. The summed E-state index contributed by atoms with van der Waals surface area (Å²) in [5.41, 5.74) is 0.575. The van der Waals surface area contributed by atoms with Crippen molar-refractivity contribution in [3.8, 4) is 0 Å². The van der Waals surface area contributed by atoms with E-state index < -0.39 is 0 Å². The van der Waals surface area contributed by atoms with Crippen LogP contribution in [0, 0.1) is 5.41 Å². The van der Waals surface area contributed by atoms with Gasteiger partial charge in [0.15, 0.2) is 0 Å². The van der Waals surface area contributed by atoms with Gasteiger partial charge in [-0.3, -0.25) is 0 Å². The Morgan fingerprint density at radius 1 is 1.25 bits per heavy atom. The highest BCUT2D eigenvalue weighted by Crippen LogP contribution is 2.35. The second kappa shape index (κ2) is 5.63. The lowest BCUT2D eigenvalue weighted by Gasteiger charge is -2.39. The molecule has 1 fully saturated rings. The van der Waals surface area contributed by atoms with E-state index in [1.165, 1.54) is 19.3 Å². The van der Waals surface area contributed by atoms with Crippen LogP contribution in [0.3, 0.4) is 0 Å². The van der Waals surface area contributed by atoms with Crippen LogP contribution in [0.5, 0.6) is 0 Å². The maximum absolute atomic E-state index is 4.77. The molecule has 3 heteroatoms. The van der Waals surface area contributed by atoms with E-state index in [0.717, 1.165) is 24.7 Å². The van der Waals surface area contributed by atoms with Crippen LogP contribution < -0.4 is 10.2 Å². The van der Waals surface area contributed by atoms with Crippen LogP contribution in [-0.2, 0) is 0 Å². The van der Waals surface area contributed by atoms with Crippen LogP contribution in [0.15, 0.2) is 18.2 Å². The Morgan fingerprint density at radius 3 is 2.45 bits per heavy atom. The number of aromatic nitrogens is 1. The number of rotatable bonds is 3. The van der Waals surface area contributed by atoms with Gasteiger partial charge in [-0.2, -0.15) is 0 Å². The van der Waals surface area contributed by atoms with Gasteiger partial charge in [0, 0.05) is 18.6 Å². The van der Waals surface area contributed by atoms with E-state index in [4.69, 9.17) is 4.98 Å². The molecule has 0 saturated carbocycles. The topological polar surface area (TPSA) is 28.2 Å². The summed E-state index contributed by atoms with van der Waals surface area (Å²) in [4.78, 5) is 7.19. The number of hydrogen-bond donors (Lipinski definition) is 1. The molecule has 20 heavy (non-hydrogen) atoms. The Balaban J connectivity index is 2.05. The fourth-order valence-corrected chi connectivity index (χ4v) is 2.68. The zero-order valence-corrected chi connectivity index (χ0v) is 13.7. The number of anilines is 2. The molecule has 0 atom stereocenters. The number of piperidine rings is 1. The van der Waals surface area contributed by atoms with E-state index in [0.29, 0.717) is 5.41 Å². The first kappa shape index (κ1) is 15.1. The third-order valence-electron chi connectivity index (χ3n) is 4.39. The molecule has 1 aromatic heterocycles. The minimum absolute atomic E-state index is 0.0499. The fourth-order valence-electron chi connectivity index (χ4n) is 2.68. The van der Waals surface area contributed by atoms with Crippen molar-refractivity contribution in [2.45, 2.75) is 59.4 Å². The van der Waals surface area contributed by atoms with Crippen LogP contribution in [0.2, 0.25) is 0 Å². The molecule has 0 amide bonds. The molecule has 2 heterocycles. The van der Waals surface area contributed by atoms with Crippen molar-refractivity contribution < 1.29 is 0 Å². The summed E-state index contributed by atoms with van der Waals surface area (Å²) >= 11 is 0. The van der Waals surface area contributed by atoms with Gasteiger partial charge < -0.3 is 10.2 Å². The molecule has 2 rings (SSSR count). The van der Waals surface area contributed by atoms with E-state index in [-0.39, 0.29) is 5.54 Å². The summed E-state index contributed by atoms with van der Waals surface area (Å²) < 4.78 is 0. The van der Waals surface area contributed by atoms with Gasteiger partial charge in [0.2, 0.25) is 0 Å². The second-order valence-corrected chi connectivity index (χ2v) is 7.41. The highest BCUT2D eigenvalue weighted by atomic mass is 15.2. The van der Waals surface area contributed by atoms with Gasteiger partial charge in [-0.25, -0.2) is 4.98 Å². The normalized spacial score (nSPS) is 18.9. The van der Waals surface area contributed by atoms with Crippen molar-refractivity contribution in [1.82, 2.24) is 4.98 Å². The van der Waals surface area contributed by atoms with Gasteiger partial charge in [-0.1, -0.05) is 26.3 Å². The maximum atomic E-state index is 4.77. The largest absolute Gasteiger partial charge is 0.365 e. The Hall–Kier alpha value is -1.25. The fraction of sp³-hybridized carbons (Fsp3) is 0.706. The van der Waals surface area contributed by atoms with Gasteiger partial charge in [0.05, 0.1) is 0 Å². The molecule has 0 aliphatic carbocycles. The molecule has 1 saturated heterocycles. The molecule has 0 spiro atoms. The van der Waals surface area contributed by atoms with E-state index in [1.54, 1.807) is 0 Å². The number of nitrogens with one attached hydrogen (secondary N) is 1. The van der Waals surface area contributed by atoms with Gasteiger partial charge in [0.1, 0.15) is 11.6 Å². The molecule has 3 nitrogen and oxygen atoms in total. The zero-order valence-electron chi connectivity index (χ0n) is 13.7. The summed E-state index contributed by atoms with van der Waals surface area (Å²) in [6, 6.07) is 6.28. The average molecular weight is 275 g/mol. The third-order valence-corrected chi connectivity index (χ3v) is 4.39. The molecule has 1 N–H and O–H groups in total. The minimum atomic E-state index is 0.0499. The predicted molar refractivity (Wildman–Crippen MR) is 87.5 cm³/mol.